The molecule has 0 saturated heterocycles. The van der Waals surface area contributed by atoms with Crippen LogP contribution < -0.4 is 21.6 Å². The van der Waals surface area contributed by atoms with Gasteiger partial charge in [0.15, 0.2) is 0 Å². The Hall–Kier alpha value is -4.26. The number of amides is 1. The molecule has 0 aliphatic carbocycles. The predicted molar refractivity (Wildman–Crippen MR) is 154 cm³/mol. The summed E-state index contributed by atoms with van der Waals surface area (Å²) in [6, 6.07) is 46.3. The first-order valence-electron chi connectivity index (χ1n) is 12.0. The second kappa shape index (κ2) is 9.41. The van der Waals surface area contributed by atoms with E-state index in [1.165, 1.54) is 15.9 Å². The van der Waals surface area contributed by atoms with Gasteiger partial charge in [-0.1, -0.05) is 127 Å². The Morgan fingerprint density at radius 1 is 0.500 bits per heavy atom. The first kappa shape index (κ1) is 22.2. The molecular weight excluding hydrogens is 457 g/mol. The standard InChI is InChI=1S/C33H24NOP/c34-33(35)29-21-19-23-11-7-9-17-27(23)31(29)32-28-18-10-8-12-24(28)20-22-30(32)36(25-13-3-1-4-14-25)26-15-5-2-6-16-26/h1-22H,(H2,34,35). The molecule has 36 heavy (non-hydrogen) atoms. The van der Waals surface area contributed by atoms with Gasteiger partial charge in [0.1, 0.15) is 0 Å². The van der Waals surface area contributed by atoms with E-state index in [4.69, 9.17) is 5.73 Å². The summed E-state index contributed by atoms with van der Waals surface area (Å²) in [6.07, 6.45) is 0. The van der Waals surface area contributed by atoms with E-state index in [2.05, 4.69) is 109 Å². The Balaban J connectivity index is 1.79. The molecule has 0 saturated carbocycles. The molecule has 0 aliphatic heterocycles. The minimum Gasteiger partial charge on any atom is -0.366 e. The number of primary amides is 1. The number of benzene rings is 6. The van der Waals surface area contributed by atoms with Gasteiger partial charge in [-0.25, -0.2) is 0 Å². The molecule has 1 amide bonds. The number of hydrogen-bond acceptors (Lipinski definition) is 1. The molecule has 0 unspecified atom stereocenters. The molecule has 3 heteroatoms. The average Bonchev–Trinajstić information content (AvgIpc) is 2.93. The molecule has 6 rings (SSSR count). The molecule has 0 aromatic heterocycles. The van der Waals surface area contributed by atoms with Gasteiger partial charge < -0.3 is 5.73 Å². The number of hydrogen-bond donors (Lipinski definition) is 1. The quantitative estimate of drug-likeness (QED) is 0.280. The SMILES string of the molecule is NC(=O)c1ccc2ccccc2c1-c1c(P(c2ccccc2)c2ccccc2)ccc2ccccc12. The molecule has 6 aromatic carbocycles. The van der Waals surface area contributed by atoms with Crippen LogP contribution >= 0.6 is 7.92 Å². The molecule has 172 valence electrons. The lowest BCUT2D eigenvalue weighted by Crippen LogP contribution is -2.23. The maximum atomic E-state index is 12.8. The van der Waals surface area contributed by atoms with Gasteiger partial charge in [-0.05, 0) is 57.0 Å². The zero-order chi connectivity index (χ0) is 24.5. The molecule has 2 N–H and O–H groups in total. The lowest BCUT2D eigenvalue weighted by molar-refractivity contribution is 0.100. The summed E-state index contributed by atoms with van der Waals surface area (Å²) in [4.78, 5) is 12.8. The third-order valence-corrected chi connectivity index (χ3v) is 9.10. The molecule has 0 bridgehead atoms. The Kier molecular flexibility index (Phi) is 5.81. The fourth-order valence-electron chi connectivity index (χ4n) is 5.04. The summed E-state index contributed by atoms with van der Waals surface area (Å²) in [5.74, 6) is -0.418. The molecule has 0 spiro atoms. The molecule has 0 radical (unpaired) electrons. The Labute approximate surface area is 211 Å². The van der Waals surface area contributed by atoms with Gasteiger partial charge in [-0.3, -0.25) is 4.79 Å². The molecule has 6 aromatic rings. The van der Waals surface area contributed by atoms with Crippen molar-refractivity contribution in [1.29, 1.82) is 0 Å². The van der Waals surface area contributed by atoms with E-state index in [1.54, 1.807) is 0 Å². The number of fused-ring (bicyclic) bond motifs is 2. The van der Waals surface area contributed by atoms with E-state index in [-0.39, 0.29) is 0 Å². The molecular formula is C33H24NOP. The van der Waals surface area contributed by atoms with Crippen molar-refractivity contribution in [2.24, 2.45) is 5.73 Å². The Bertz CT molecular complexity index is 1670. The third kappa shape index (κ3) is 3.86. The number of carbonyl (C=O) groups excluding carboxylic acids is 1. The van der Waals surface area contributed by atoms with Crippen LogP contribution in [0.2, 0.25) is 0 Å². The van der Waals surface area contributed by atoms with Crippen molar-refractivity contribution in [3.63, 3.8) is 0 Å². The summed E-state index contributed by atoms with van der Waals surface area (Å²) >= 11 is 0. The maximum absolute atomic E-state index is 12.8. The van der Waals surface area contributed by atoms with Crippen LogP contribution in [0.1, 0.15) is 10.4 Å². The first-order chi connectivity index (χ1) is 17.7. The van der Waals surface area contributed by atoms with E-state index in [1.807, 2.05) is 24.3 Å². The first-order valence-corrected chi connectivity index (χ1v) is 13.3. The number of nitrogens with two attached hydrogens (primary N) is 1. The minimum atomic E-state index is -0.903. The topological polar surface area (TPSA) is 43.1 Å². The van der Waals surface area contributed by atoms with E-state index >= 15 is 0 Å². The highest BCUT2D eigenvalue weighted by Gasteiger charge is 2.25. The monoisotopic (exact) mass is 481 g/mol. The van der Waals surface area contributed by atoms with Gasteiger partial charge in [-0.2, -0.15) is 0 Å². The third-order valence-electron chi connectivity index (χ3n) is 6.62. The van der Waals surface area contributed by atoms with Gasteiger partial charge in [-0.15, -0.1) is 0 Å². The largest absolute Gasteiger partial charge is 0.366 e. The second-order valence-electron chi connectivity index (χ2n) is 8.76. The summed E-state index contributed by atoms with van der Waals surface area (Å²) in [5.41, 5.74) is 8.54. The zero-order valence-electron chi connectivity index (χ0n) is 19.6. The Morgan fingerprint density at radius 3 is 1.53 bits per heavy atom. The average molecular weight is 482 g/mol. The number of rotatable bonds is 5. The van der Waals surface area contributed by atoms with Crippen molar-refractivity contribution in [3.8, 4) is 11.1 Å². The fourth-order valence-corrected chi connectivity index (χ4v) is 7.51. The van der Waals surface area contributed by atoms with Gasteiger partial charge in [0, 0.05) is 11.1 Å². The van der Waals surface area contributed by atoms with E-state index in [9.17, 15) is 4.79 Å². The predicted octanol–water partition coefficient (Wildman–Crippen LogP) is 6.52. The second-order valence-corrected chi connectivity index (χ2v) is 10.9. The van der Waals surface area contributed by atoms with Crippen molar-refractivity contribution in [2.45, 2.75) is 0 Å². The lowest BCUT2D eigenvalue weighted by atomic mass is 9.90. The zero-order valence-corrected chi connectivity index (χ0v) is 20.5. The van der Waals surface area contributed by atoms with E-state index < -0.39 is 13.8 Å². The number of carbonyl (C=O) groups is 1. The van der Waals surface area contributed by atoms with Crippen LogP contribution in [0.3, 0.4) is 0 Å². The highest BCUT2D eigenvalue weighted by molar-refractivity contribution is 7.80. The molecule has 0 heterocycles. The van der Waals surface area contributed by atoms with Crippen molar-refractivity contribution in [3.05, 3.63) is 139 Å². The van der Waals surface area contributed by atoms with E-state index in [0.717, 1.165) is 32.7 Å². The van der Waals surface area contributed by atoms with Crippen molar-refractivity contribution in [1.82, 2.24) is 0 Å². The molecule has 0 fully saturated rings. The normalized spacial score (nSPS) is 11.2. The molecule has 0 aliphatic rings. The van der Waals surface area contributed by atoms with Crippen molar-refractivity contribution in [2.75, 3.05) is 0 Å². The van der Waals surface area contributed by atoms with E-state index in [0.29, 0.717) is 5.56 Å². The minimum absolute atomic E-state index is 0.418. The highest BCUT2D eigenvalue weighted by Crippen LogP contribution is 2.43. The van der Waals surface area contributed by atoms with Gasteiger partial charge in [0.2, 0.25) is 5.91 Å². The Morgan fingerprint density at radius 2 is 0.972 bits per heavy atom. The van der Waals surface area contributed by atoms with Crippen LogP contribution in [-0.4, -0.2) is 5.91 Å². The van der Waals surface area contributed by atoms with Crippen LogP contribution in [0, 0.1) is 0 Å². The maximum Gasteiger partial charge on any atom is 0.249 e. The van der Waals surface area contributed by atoms with Crippen LogP contribution in [-0.2, 0) is 0 Å². The van der Waals surface area contributed by atoms with Crippen LogP contribution in [0.4, 0.5) is 0 Å². The van der Waals surface area contributed by atoms with Gasteiger partial charge in [0.05, 0.1) is 0 Å². The molecule has 0 atom stereocenters. The van der Waals surface area contributed by atoms with Gasteiger partial charge >= 0.3 is 0 Å². The fraction of sp³-hybridized carbons (Fsp3) is 0. The lowest BCUT2D eigenvalue weighted by Gasteiger charge is -2.25. The highest BCUT2D eigenvalue weighted by atomic mass is 31.1. The van der Waals surface area contributed by atoms with Crippen LogP contribution in [0.5, 0.6) is 0 Å². The van der Waals surface area contributed by atoms with Crippen molar-refractivity contribution >= 4 is 51.3 Å². The van der Waals surface area contributed by atoms with Crippen LogP contribution in [0.15, 0.2) is 133 Å². The smallest absolute Gasteiger partial charge is 0.249 e. The molecule has 2 nitrogen and oxygen atoms in total. The van der Waals surface area contributed by atoms with Crippen LogP contribution in [0.25, 0.3) is 32.7 Å². The van der Waals surface area contributed by atoms with Crippen molar-refractivity contribution < 1.29 is 4.79 Å². The summed E-state index contributed by atoms with van der Waals surface area (Å²) in [5, 5.41) is 8.10. The summed E-state index contributed by atoms with van der Waals surface area (Å²) in [6.45, 7) is 0. The summed E-state index contributed by atoms with van der Waals surface area (Å²) < 4.78 is 0. The summed E-state index contributed by atoms with van der Waals surface area (Å²) in [7, 11) is -0.903. The van der Waals surface area contributed by atoms with Gasteiger partial charge in [0.25, 0.3) is 0 Å².